The average Bonchev–Trinajstić information content (AvgIpc) is 3.02. The van der Waals surface area contributed by atoms with Gasteiger partial charge in [0.25, 0.3) is 0 Å². The van der Waals surface area contributed by atoms with Crippen LogP contribution < -0.4 is 9.47 Å². The zero-order chi connectivity index (χ0) is 17.8. The summed E-state index contributed by atoms with van der Waals surface area (Å²) in [5, 5.41) is 19.4. The van der Waals surface area contributed by atoms with E-state index in [1.165, 1.54) is 0 Å². The van der Waals surface area contributed by atoms with E-state index >= 15 is 0 Å². The molecule has 2 aromatic carbocycles. The van der Waals surface area contributed by atoms with Gasteiger partial charge in [-0.05, 0) is 42.3 Å². The molecule has 5 heteroatoms. The maximum Gasteiger partial charge on any atom is 0.123 e. The van der Waals surface area contributed by atoms with Crippen molar-refractivity contribution in [3.05, 3.63) is 59.2 Å². The Labute approximate surface area is 148 Å². The van der Waals surface area contributed by atoms with Crippen molar-refractivity contribution in [3.8, 4) is 17.6 Å². The molecule has 5 nitrogen and oxygen atoms in total. The molecule has 0 bridgehead atoms. The molecule has 2 aromatic rings. The molecule has 0 saturated carbocycles. The molecule has 3 rings (SSSR count). The zero-order valence-electron chi connectivity index (χ0n) is 14.5. The maximum atomic E-state index is 10.2. The van der Waals surface area contributed by atoms with Gasteiger partial charge in [-0.2, -0.15) is 5.26 Å². The van der Waals surface area contributed by atoms with Crippen molar-refractivity contribution in [2.45, 2.75) is 25.1 Å². The molecule has 2 atom stereocenters. The maximum absolute atomic E-state index is 10.2. The van der Waals surface area contributed by atoms with Crippen LogP contribution in [-0.4, -0.2) is 36.9 Å². The van der Waals surface area contributed by atoms with Gasteiger partial charge in [0, 0.05) is 24.7 Å². The summed E-state index contributed by atoms with van der Waals surface area (Å²) < 4.78 is 10.8. The van der Waals surface area contributed by atoms with E-state index in [4.69, 9.17) is 14.7 Å². The summed E-state index contributed by atoms with van der Waals surface area (Å²) in [7, 11) is 3.28. The Morgan fingerprint density at radius 2 is 2.04 bits per heavy atom. The quantitative estimate of drug-likeness (QED) is 0.908. The van der Waals surface area contributed by atoms with E-state index in [0.717, 1.165) is 22.6 Å². The summed E-state index contributed by atoms with van der Waals surface area (Å²) in [6.45, 7) is 1.19. The number of β-amino-alcohol motifs (C(OH)–C–C–N with tert-alkyl or cyclic N) is 1. The van der Waals surface area contributed by atoms with Crippen LogP contribution in [0.3, 0.4) is 0 Å². The smallest absolute Gasteiger partial charge is 0.123 e. The number of aliphatic hydroxyl groups excluding tert-OH is 1. The van der Waals surface area contributed by atoms with E-state index < -0.39 is 0 Å². The van der Waals surface area contributed by atoms with Crippen LogP contribution in [0.2, 0.25) is 0 Å². The van der Waals surface area contributed by atoms with Gasteiger partial charge in [-0.15, -0.1) is 0 Å². The summed E-state index contributed by atoms with van der Waals surface area (Å²) >= 11 is 0. The average molecular weight is 338 g/mol. The molecule has 1 fully saturated rings. The Hall–Kier alpha value is -2.55. The number of hydrogen-bond donors (Lipinski definition) is 1. The number of ether oxygens (including phenoxy) is 2. The second kappa shape index (κ2) is 7.56. The summed E-state index contributed by atoms with van der Waals surface area (Å²) in [5.74, 6) is 1.56. The topological polar surface area (TPSA) is 65.7 Å². The summed E-state index contributed by atoms with van der Waals surface area (Å²) in [4.78, 5) is 2.22. The Morgan fingerprint density at radius 1 is 1.20 bits per heavy atom. The van der Waals surface area contributed by atoms with Crippen LogP contribution in [-0.2, 0) is 6.54 Å². The monoisotopic (exact) mass is 338 g/mol. The highest BCUT2D eigenvalue weighted by Crippen LogP contribution is 2.36. The summed E-state index contributed by atoms with van der Waals surface area (Å²) in [6, 6.07) is 15.6. The summed E-state index contributed by atoms with van der Waals surface area (Å²) in [5.41, 5.74) is 2.67. The second-order valence-corrected chi connectivity index (χ2v) is 6.25. The predicted molar refractivity (Wildman–Crippen MR) is 94.5 cm³/mol. The first-order valence-electron chi connectivity index (χ1n) is 8.27. The molecule has 1 saturated heterocycles. The third kappa shape index (κ3) is 3.76. The number of likely N-dealkylation sites (tertiary alicyclic amines) is 1. The first-order chi connectivity index (χ1) is 12.1. The van der Waals surface area contributed by atoms with E-state index in [2.05, 4.69) is 17.0 Å². The first kappa shape index (κ1) is 17.3. The van der Waals surface area contributed by atoms with Gasteiger partial charge in [0.05, 0.1) is 32.0 Å². The Balaban J connectivity index is 1.89. The Morgan fingerprint density at radius 3 is 2.76 bits per heavy atom. The molecule has 1 heterocycles. The van der Waals surface area contributed by atoms with Crippen molar-refractivity contribution in [1.29, 1.82) is 5.26 Å². The van der Waals surface area contributed by atoms with Crippen LogP contribution in [0.1, 0.15) is 29.2 Å². The Kier molecular flexibility index (Phi) is 5.22. The molecule has 25 heavy (non-hydrogen) atoms. The molecule has 130 valence electrons. The highest BCUT2D eigenvalue weighted by molar-refractivity contribution is 5.42. The van der Waals surface area contributed by atoms with Crippen molar-refractivity contribution >= 4 is 0 Å². The molecule has 1 N–H and O–H groups in total. The molecular weight excluding hydrogens is 316 g/mol. The first-order valence-corrected chi connectivity index (χ1v) is 8.27. The largest absolute Gasteiger partial charge is 0.497 e. The van der Waals surface area contributed by atoms with Crippen LogP contribution in [0, 0.1) is 11.3 Å². The minimum atomic E-state index is -0.374. The van der Waals surface area contributed by atoms with Crippen LogP contribution in [0.5, 0.6) is 11.5 Å². The highest BCUT2D eigenvalue weighted by atomic mass is 16.5. The van der Waals surface area contributed by atoms with Gasteiger partial charge in [-0.3, -0.25) is 4.90 Å². The van der Waals surface area contributed by atoms with Gasteiger partial charge in [0.15, 0.2) is 0 Å². The van der Waals surface area contributed by atoms with E-state index in [0.29, 0.717) is 25.1 Å². The number of hydrogen-bond acceptors (Lipinski definition) is 5. The van der Waals surface area contributed by atoms with Crippen molar-refractivity contribution in [3.63, 3.8) is 0 Å². The number of nitrogens with zero attached hydrogens (tertiary/aromatic N) is 2. The lowest BCUT2D eigenvalue weighted by Crippen LogP contribution is -2.24. The molecule has 0 amide bonds. The van der Waals surface area contributed by atoms with E-state index in [1.807, 2.05) is 30.3 Å². The minimum absolute atomic E-state index is 0.0977. The zero-order valence-corrected chi connectivity index (χ0v) is 14.5. The third-order valence-electron chi connectivity index (χ3n) is 4.64. The standard InChI is InChI=1S/C20H22N2O3/c1-24-18-5-3-4-15(9-18)19-10-17(23)13-22(19)12-16-8-14(11-21)6-7-20(16)25-2/h3-9,17,19,23H,10,12-13H2,1-2H3/t17-,19-/m0/s1. The molecule has 0 radical (unpaired) electrons. The number of rotatable bonds is 5. The fourth-order valence-corrected chi connectivity index (χ4v) is 3.44. The molecular formula is C20H22N2O3. The number of aliphatic hydroxyl groups is 1. The molecule has 1 aliphatic heterocycles. The van der Waals surface area contributed by atoms with Crippen LogP contribution in [0.4, 0.5) is 0 Å². The Bertz CT molecular complexity index is 785. The fourth-order valence-electron chi connectivity index (χ4n) is 3.44. The second-order valence-electron chi connectivity index (χ2n) is 6.25. The number of nitriles is 1. The number of methoxy groups -OCH3 is 2. The van der Waals surface area contributed by atoms with Gasteiger partial charge < -0.3 is 14.6 Å². The SMILES string of the molecule is COc1cccc([C@@H]2C[C@H](O)CN2Cc2cc(C#N)ccc2OC)c1. The van der Waals surface area contributed by atoms with Gasteiger partial charge in [-0.25, -0.2) is 0 Å². The van der Waals surface area contributed by atoms with Crippen LogP contribution in [0.25, 0.3) is 0 Å². The predicted octanol–water partition coefficient (Wildman–Crippen LogP) is 2.88. The third-order valence-corrected chi connectivity index (χ3v) is 4.64. The molecule has 0 unspecified atom stereocenters. The molecule has 1 aliphatic rings. The minimum Gasteiger partial charge on any atom is -0.497 e. The molecule has 0 aliphatic carbocycles. The van der Waals surface area contributed by atoms with Crippen molar-refractivity contribution < 1.29 is 14.6 Å². The van der Waals surface area contributed by atoms with Crippen LogP contribution in [0.15, 0.2) is 42.5 Å². The van der Waals surface area contributed by atoms with Crippen molar-refractivity contribution in [2.24, 2.45) is 0 Å². The van der Waals surface area contributed by atoms with Gasteiger partial charge in [-0.1, -0.05) is 12.1 Å². The van der Waals surface area contributed by atoms with Crippen LogP contribution >= 0.6 is 0 Å². The van der Waals surface area contributed by atoms with E-state index in [-0.39, 0.29) is 12.1 Å². The van der Waals surface area contributed by atoms with Gasteiger partial charge in [0.1, 0.15) is 11.5 Å². The van der Waals surface area contributed by atoms with Gasteiger partial charge >= 0.3 is 0 Å². The lowest BCUT2D eigenvalue weighted by Gasteiger charge is -2.25. The van der Waals surface area contributed by atoms with Crippen molar-refractivity contribution in [2.75, 3.05) is 20.8 Å². The highest BCUT2D eigenvalue weighted by Gasteiger charge is 2.32. The fraction of sp³-hybridized carbons (Fsp3) is 0.350. The van der Waals surface area contributed by atoms with Crippen molar-refractivity contribution in [1.82, 2.24) is 4.90 Å². The van der Waals surface area contributed by atoms with E-state index in [1.54, 1.807) is 20.3 Å². The normalized spacial score (nSPS) is 20.2. The lowest BCUT2D eigenvalue weighted by atomic mass is 10.0. The molecule has 0 spiro atoms. The molecule has 0 aromatic heterocycles. The van der Waals surface area contributed by atoms with E-state index in [9.17, 15) is 5.11 Å². The summed E-state index contributed by atoms with van der Waals surface area (Å²) in [6.07, 6.45) is 0.300. The lowest BCUT2D eigenvalue weighted by molar-refractivity contribution is 0.172. The number of benzene rings is 2. The van der Waals surface area contributed by atoms with Gasteiger partial charge in [0.2, 0.25) is 0 Å².